The smallest absolute Gasteiger partial charge is 0.322 e. The Balaban J connectivity index is 2.14. The molecule has 0 atom stereocenters. The third-order valence-corrected chi connectivity index (χ3v) is 2.96. The Morgan fingerprint density at radius 3 is 2.40 bits per heavy atom. The van der Waals surface area contributed by atoms with Crippen molar-refractivity contribution >= 4 is 11.9 Å². The molecule has 0 amide bonds. The number of hydrogen-bond donors (Lipinski definition) is 2. The first kappa shape index (κ1) is 14.0. The second-order valence-corrected chi connectivity index (χ2v) is 4.20. The van der Waals surface area contributed by atoms with Crippen LogP contribution in [0.4, 0.5) is 11.9 Å². The zero-order valence-corrected chi connectivity index (χ0v) is 12.0. The number of methoxy groups -OCH3 is 1. The summed E-state index contributed by atoms with van der Waals surface area (Å²) >= 11 is 0. The minimum absolute atomic E-state index is 0.288. The van der Waals surface area contributed by atoms with Crippen LogP contribution in [0.1, 0.15) is 18.1 Å². The number of nitrogens with zero attached hydrogens (tertiary/aromatic N) is 3. The van der Waals surface area contributed by atoms with Crippen LogP contribution >= 0.6 is 0 Å². The Bertz CT molecular complexity index is 551. The molecular weight excluding hydrogens is 254 g/mol. The van der Waals surface area contributed by atoms with E-state index in [1.807, 2.05) is 12.1 Å². The molecule has 106 valence electrons. The summed E-state index contributed by atoms with van der Waals surface area (Å²) in [6.45, 7) is 2.81. The average Bonchev–Trinajstić information content (AvgIpc) is 2.52. The highest BCUT2D eigenvalue weighted by molar-refractivity contribution is 5.37. The first-order valence-corrected chi connectivity index (χ1v) is 6.55. The van der Waals surface area contributed by atoms with Gasteiger partial charge in [-0.15, -0.1) is 0 Å². The molecule has 2 N–H and O–H groups in total. The number of aromatic nitrogens is 3. The highest BCUT2D eigenvalue weighted by Gasteiger charge is 2.06. The first-order valence-electron chi connectivity index (χ1n) is 6.55. The fourth-order valence-electron chi connectivity index (χ4n) is 1.89. The van der Waals surface area contributed by atoms with Gasteiger partial charge in [0.25, 0.3) is 0 Å². The molecule has 0 saturated heterocycles. The van der Waals surface area contributed by atoms with Crippen LogP contribution in [0.5, 0.6) is 6.01 Å². The standard InChI is InChI=1S/C14H19N5O/c1-4-10-7-5-6-8-11(10)9-16-13-17-12(15-2)18-14(19-13)20-3/h5-8H,4,9H2,1-3H3,(H2,15,16,17,18,19). The Kier molecular flexibility index (Phi) is 4.70. The lowest BCUT2D eigenvalue weighted by molar-refractivity contribution is 0.379. The molecule has 0 radical (unpaired) electrons. The van der Waals surface area contributed by atoms with Gasteiger partial charge in [-0.1, -0.05) is 31.2 Å². The number of aryl methyl sites for hydroxylation is 1. The first-order chi connectivity index (χ1) is 9.76. The molecule has 0 fully saturated rings. The van der Waals surface area contributed by atoms with Gasteiger partial charge in [-0.3, -0.25) is 0 Å². The molecule has 2 aromatic rings. The summed E-state index contributed by atoms with van der Waals surface area (Å²) in [4.78, 5) is 12.5. The molecule has 1 aromatic carbocycles. The van der Waals surface area contributed by atoms with E-state index in [-0.39, 0.29) is 6.01 Å². The zero-order chi connectivity index (χ0) is 14.4. The van der Waals surface area contributed by atoms with E-state index in [4.69, 9.17) is 4.74 Å². The van der Waals surface area contributed by atoms with Crippen molar-refractivity contribution in [1.29, 1.82) is 0 Å². The van der Waals surface area contributed by atoms with Crippen molar-refractivity contribution in [2.75, 3.05) is 24.8 Å². The Morgan fingerprint density at radius 2 is 1.75 bits per heavy atom. The molecule has 6 nitrogen and oxygen atoms in total. The molecule has 0 aliphatic carbocycles. The minimum atomic E-state index is 0.288. The maximum atomic E-state index is 5.05. The average molecular weight is 273 g/mol. The molecule has 0 aliphatic rings. The van der Waals surface area contributed by atoms with E-state index in [0.717, 1.165) is 6.42 Å². The van der Waals surface area contributed by atoms with Gasteiger partial charge in [0.05, 0.1) is 7.11 Å². The van der Waals surface area contributed by atoms with Crippen molar-refractivity contribution < 1.29 is 4.74 Å². The van der Waals surface area contributed by atoms with Gasteiger partial charge in [0.2, 0.25) is 11.9 Å². The van der Waals surface area contributed by atoms with Crippen LogP contribution in [0.3, 0.4) is 0 Å². The van der Waals surface area contributed by atoms with Gasteiger partial charge in [0.1, 0.15) is 0 Å². The molecule has 0 unspecified atom stereocenters. The Morgan fingerprint density at radius 1 is 1.05 bits per heavy atom. The van der Waals surface area contributed by atoms with E-state index in [9.17, 15) is 0 Å². The van der Waals surface area contributed by atoms with Gasteiger partial charge >= 0.3 is 6.01 Å². The summed E-state index contributed by atoms with van der Waals surface area (Å²) in [5, 5.41) is 6.08. The third kappa shape index (κ3) is 3.34. The molecule has 0 spiro atoms. The maximum absolute atomic E-state index is 5.05. The molecule has 6 heteroatoms. The number of benzene rings is 1. The molecule has 0 bridgehead atoms. The highest BCUT2D eigenvalue weighted by Crippen LogP contribution is 2.14. The zero-order valence-electron chi connectivity index (χ0n) is 12.0. The predicted octanol–water partition coefficient (Wildman–Crippen LogP) is 2.10. The summed E-state index contributed by atoms with van der Waals surface area (Å²) < 4.78 is 5.05. The molecule has 2 rings (SSSR count). The number of nitrogens with one attached hydrogen (secondary N) is 2. The summed E-state index contributed by atoms with van der Waals surface area (Å²) in [7, 11) is 3.29. The largest absolute Gasteiger partial charge is 0.467 e. The molecule has 0 saturated carbocycles. The Hall–Kier alpha value is -2.37. The van der Waals surface area contributed by atoms with Crippen molar-refractivity contribution in [2.24, 2.45) is 0 Å². The lowest BCUT2D eigenvalue weighted by atomic mass is 10.1. The van der Waals surface area contributed by atoms with Gasteiger partial charge in [-0.05, 0) is 17.5 Å². The SMILES string of the molecule is CCc1ccccc1CNc1nc(NC)nc(OC)n1. The fraction of sp³-hybridized carbons (Fsp3) is 0.357. The van der Waals surface area contributed by atoms with Crippen LogP contribution in [-0.2, 0) is 13.0 Å². The van der Waals surface area contributed by atoms with Crippen molar-refractivity contribution in [3.8, 4) is 6.01 Å². The summed E-state index contributed by atoms with van der Waals surface area (Å²) in [6.07, 6.45) is 1.00. The van der Waals surface area contributed by atoms with E-state index in [1.54, 1.807) is 7.05 Å². The van der Waals surface area contributed by atoms with Crippen LogP contribution in [0.15, 0.2) is 24.3 Å². The predicted molar refractivity (Wildman–Crippen MR) is 79.1 cm³/mol. The third-order valence-electron chi connectivity index (χ3n) is 2.96. The van der Waals surface area contributed by atoms with Crippen LogP contribution in [-0.4, -0.2) is 29.1 Å². The van der Waals surface area contributed by atoms with E-state index >= 15 is 0 Å². The summed E-state index contributed by atoms with van der Waals surface area (Å²) in [5.41, 5.74) is 2.55. The molecular formula is C14H19N5O. The van der Waals surface area contributed by atoms with Gasteiger partial charge in [-0.2, -0.15) is 15.0 Å². The quantitative estimate of drug-likeness (QED) is 0.839. The van der Waals surface area contributed by atoms with Crippen LogP contribution in [0, 0.1) is 0 Å². The van der Waals surface area contributed by atoms with Gasteiger partial charge < -0.3 is 15.4 Å². The second-order valence-electron chi connectivity index (χ2n) is 4.20. The monoisotopic (exact) mass is 273 g/mol. The van der Waals surface area contributed by atoms with Crippen molar-refractivity contribution in [1.82, 2.24) is 15.0 Å². The Labute approximate surface area is 118 Å². The number of anilines is 2. The maximum Gasteiger partial charge on any atom is 0.322 e. The number of ether oxygens (including phenoxy) is 1. The second kappa shape index (κ2) is 6.70. The normalized spacial score (nSPS) is 10.2. The van der Waals surface area contributed by atoms with Crippen molar-refractivity contribution in [2.45, 2.75) is 19.9 Å². The summed E-state index contributed by atoms with van der Waals surface area (Å²) in [5.74, 6) is 0.968. The van der Waals surface area contributed by atoms with E-state index < -0.39 is 0 Å². The molecule has 1 heterocycles. The van der Waals surface area contributed by atoms with E-state index in [2.05, 4.69) is 44.6 Å². The van der Waals surface area contributed by atoms with Crippen molar-refractivity contribution in [3.63, 3.8) is 0 Å². The lowest BCUT2D eigenvalue weighted by Crippen LogP contribution is -2.09. The topological polar surface area (TPSA) is 72.0 Å². The lowest BCUT2D eigenvalue weighted by Gasteiger charge is -2.10. The fourth-order valence-corrected chi connectivity index (χ4v) is 1.89. The minimum Gasteiger partial charge on any atom is -0.467 e. The van der Waals surface area contributed by atoms with Crippen LogP contribution in [0.25, 0.3) is 0 Å². The van der Waals surface area contributed by atoms with Crippen LogP contribution in [0.2, 0.25) is 0 Å². The van der Waals surface area contributed by atoms with Gasteiger partial charge in [-0.25, -0.2) is 0 Å². The molecule has 20 heavy (non-hydrogen) atoms. The van der Waals surface area contributed by atoms with Crippen molar-refractivity contribution in [3.05, 3.63) is 35.4 Å². The van der Waals surface area contributed by atoms with Gasteiger partial charge in [0, 0.05) is 13.6 Å². The van der Waals surface area contributed by atoms with E-state index in [1.165, 1.54) is 18.2 Å². The van der Waals surface area contributed by atoms with Crippen LogP contribution < -0.4 is 15.4 Å². The summed E-state index contributed by atoms with van der Waals surface area (Å²) in [6, 6.07) is 8.60. The molecule has 1 aromatic heterocycles. The molecule has 0 aliphatic heterocycles. The van der Waals surface area contributed by atoms with E-state index in [0.29, 0.717) is 18.4 Å². The van der Waals surface area contributed by atoms with Gasteiger partial charge in [0.15, 0.2) is 0 Å². The number of hydrogen-bond acceptors (Lipinski definition) is 6. The highest BCUT2D eigenvalue weighted by atomic mass is 16.5. The number of rotatable bonds is 6.